The number of hydrogen-bond donors (Lipinski definition) is 2. The van der Waals surface area contributed by atoms with Gasteiger partial charge in [0.1, 0.15) is 17.3 Å². The Kier molecular flexibility index (Phi) is 10.3. The van der Waals surface area contributed by atoms with Crippen LogP contribution in [0.1, 0.15) is 44.6 Å². The normalized spacial score (nSPS) is 11.2. The van der Waals surface area contributed by atoms with Crippen molar-refractivity contribution in [2.75, 3.05) is 13.2 Å². The molecule has 0 bridgehead atoms. The molecule has 0 aromatic heterocycles. The molecule has 8 nitrogen and oxygen atoms in total. The molecule has 0 heterocycles. The number of rotatable bonds is 12. The van der Waals surface area contributed by atoms with Crippen LogP contribution in [-0.4, -0.2) is 35.1 Å². The maximum absolute atomic E-state index is 11.4. The summed E-state index contributed by atoms with van der Waals surface area (Å²) in [7, 11) is 0. The third-order valence-corrected chi connectivity index (χ3v) is 4.62. The Bertz CT molecular complexity index is 752. The van der Waals surface area contributed by atoms with Crippen molar-refractivity contribution in [3.05, 3.63) is 43.6 Å². The number of ether oxygens (including phenoxy) is 1. The van der Waals surface area contributed by atoms with Gasteiger partial charge in [0.05, 0.1) is 16.6 Å². The first-order valence-electron chi connectivity index (χ1n) is 8.70. The highest BCUT2D eigenvalue weighted by Crippen LogP contribution is 2.36. The maximum atomic E-state index is 11.4. The van der Waals surface area contributed by atoms with Crippen LogP contribution in [0.2, 0.25) is 10.0 Å². The summed E-state index contributed by atoms with van der Waals surface area (Å²) in [6.07, 6.45) is 3.88. The van der Waals surface area contributed by atoms with Gasteiger partial charge in [-0.15, -0.1) is 0 Å². The molecule has 0 fully saturated rings. The standard InChI is InChI=1S/C18H22Cl2N2O6/c1-2-13(22(26)27)10-12-7-8-14(18(20)17(12)19)28-9-5-3-4-6-15(23)21-11-16(24)25/h7-8,10H,2-6,9,11H2,1H3,(H,21,23)(H,24,25)/b13-10-. The molecular formula is C18H22Cl2N2O6. The molecule has 1 amide bonds. The minimum Gasteiger partial charge on any atom is -0.492 e. The molecule has 1 aromatic rings. The molecule has 10 heteroatoms. The minimum absolute atomic E-state index is 0.0269. The van der Waals surface area contributed by atoms with E-state index in [2.05, 4.69) is 5.32 Å². The number of amides is 1. The average molecular weight is 433 g/mol. The third kappa shape index (κ3) is 8.14. The number of nitro groups is 1. The number of allylic oxidation sites excluding steroid dienone is 1. The van der Waals surface area contributed by atoms with E-state index in [1.165, 1.54) is 6.08 Å². The highest BCUT2D eigenvalue weighted by molar-refractivity contribution is 6.43. The Morgan fingerprint density at radius 3 is 2.57 bits per heavy atom. The van der Waals surface area contributed by atoms with Crippen molar-refractivity contribution in [1.82, 2.24) is 5.32 Å². The number of nitrogens with one attached hydrogen (secondary N) is 1. The fraction of sp³-hybridized carbons (Fsp3) is 0.444. The van der Waals surface area contributed by atoms with Crippen molar-refractivity contribution in [1.29, 1.82) is 0 Å². The zero-order valence-corrected chi connectivity index (χ0v) is 16.9. The van der Waals surface area contributed by atoms with Crippen molar-refractivity contribution in [3.63, 3.8) is 0 Å². The monoisotopic (exact) mass is 432 g/mol. The fourth-order valence-corrected chi connectivity index (χ4v) is 2.68. The molecule has 1 rings (SSSR count). The van der Waals surface area contributed by atoms with Crippen LogP contribution >= 0.6 is 23.2 Å². The third-order valence-electron chi connectivity index (χ3n) is 3.74. The zero-order valence-electron chi connectivity index (χ0n) is 15.4. The average Bonchev–Trinajstić information content (AvgIpc) is 2.65. The lowest BCUT2D eigenvalue weighted by Crippen LogP contribution is -2.28. The number of benzene rings is 1. The van der Waals surface area contributed by atoms with E-state index in [0.29, 0.717) is 30.8 Å². The van der Waals surface area contributed by atoms with Crippen LogP contribution in [0.25, 0.3) is 6.08 Å². The largest absolute Gasteiger partial charge is 0.492 e. The molecule has 0 aliphatic carbocycles. The van der Waals surface area contributed by atoms with E-state index >= 15 is 0 Å². The van der Waals surface area contributed by atoms with Gasteiger partial charge >= 0.3 is 5.97 Å². The van der Waals surface area contributed by atoms with Crippen molar-refractivity contribution in [2.45, 2.75) is 39.0 Å². The molecule has 0 aliphatic rings. The molecule has 0 aliphatic heterocycles. The van der Waals surface area contributed by atoms with Crippen molar-refractivity contribution < 1.29 is 24.4 Å². The van der Waals surface area contributed by atoms with Gasteiger partial charge in [0.2, 0.25) is 11.6 Å². The minimum atomic E-state index is -1.08. The van der Waals surface area contributed by atoms with E-state index < -0.39 is 10.9 Å². The number of unbranched alkanes of at least 4 members (excludes halogenated alkanes) is 2. The predicted molar refractivity (Wildman–Crippen MR) is 106 cm³/mol. The van der Waals surface area contributed by atoms with Gasteiger partial charge < -0.3 is 15.2 Å². The number of hydrogen-bond acceptors (Lipinski definition) is 5. The summed E-state index contributed by atoms with van der Waals surface area (Å²) >= 11 is 12.4. The summed E-state index contributed by atoms with van der Waals surface area (Å²) in [5.74, 6) is -1.01. The van der Waals surface area contributed by atoms with Crippen molar-refractivity contribution >= 4 is 41.2 Å². The Morgan fingerprint density at radius 1 is 1.25 bits per heavy atom. The van der Waals surface area contributed by atoms with Crippen LogP contribution < -0.4 is 10.1 Å². The molecule has 28 heavy (non-hydrogen) atoms. The van der Waals surface area contributed by atoms with Gasteiger partial charge in [0.15, 0.2) is 0 Å². The Labute approximate surface area is 172 Å². The Balaban J connectivity index is 2.47. The van der Waals surface area contributed by atoms with Gasteiger partial charge in [-0.05, 0) is 31.4 Å². The van der Waals surface area contributed by atoms with Crippen LogP contribution in [-0.2, 0) is 9.59 Å². The summed E-state index contributed by atoms with van der Waals surface area (Å²) in [6, 6.07) is 3.21. The second kappa shape index (κ2) is 12.2. The van der Waals surface area contributed by atoms with Crippen molar-refractivity contribution in [2.24, 2.45) is 0 Å². The first-order chi connectivity index (χ1) is 13.3. The SMILES string of the molecule is CC/C(=C/c1ccc(OCCCCCC(=O)NCC(=O)O)c(Cl)c1Cl)[N+](=O)[O-]. The number of carbonyl (C=O) groups is 2. The van der Waals surface area contributed by atoms with Gasteiger partial charge in [0.25, 0.3) is 0 Å². The Hall–Kier alpha value is -2.32. The number of nitrogens with zero attached hydrogens (tertiary/aromatic N) is 1. The quantitative estimate of drug-likeness (QED) is 0.290. The Morgan fingerprint density at radius 2 is 1.96 bits per heavy atom. The number of carbonyl (C=O) groups excluding carboxylic acids is 1. The lowest BCUT2D eigenvalue weighted by atomic mass is 10.1. The fourth-order valence-electron chi connectivity index (χ4n) is 2.24. The van der Waals surface area contributed by atoms with Gasteiger partial charge in [-0.1, -0.05) is 30.1 Å². The number of aliphatic carboxylic acids is 1. The molecule has 0 unspecified atom stereocenters. The second-order valence-electron chi connectivity index (χ2n) is 5.86. The van der Waals surface area contributed by atoms with E-state index in [-0.39, 0.29) is 41.0 Å². The molecule has 0 radical (unpaired) electrons. The predicted octanol–water partition coefficient (Wildman–Crippen LogP) is 4.16. The summed E-state index contributed by atoms with van der Waals surface area (Å²) in [4.78, 5) is 32.2. The molecule has 2 N–H and O–H groups in total. The highest BCUT2D eigenvalue weighted by atomic mass is 35.5. The number of carboxylic acids is 1. The van der Waals surface area contributed by atoms with Crippen molar-refractivity contribution in [3.8, 4) is 5.75 Å². The van der Waals surface area contributed by atoms with Gasteiger partial charge in [-0.2, -0.15) is 0 Å². The van der Waals surface area contributed by atoms with Crippen LogP contribution in [0.3, 0.4) is 0 Å². The molecule has 0 spiro atoms. The van der Waals surface area contributed by atoms with Gasteiger partial charge in [-0.25, -0.2) is 0 Å². The van der Waals surface area contributed by atoms with Crippen LogP contribution in [0.5, 0.6) is 5.75 Å². The van der Waals surface area contributed by atoms with E-state index in [1.807, 2.05) is 0 Å². The molecule has 154 valence electrons. The first-order valence-corrected chi connectivity index (χ1v) is 9.46. The topological polar surface area (TPSA) is 119 Å². The zero-order chi connectivity index (χ0) is 21.1. The molecule has 0 saturated heterocycles. The summed E-state index contributed by atoms with van der Waals surface area (Å²) in [5, 5.41) is 22.0. The second-order valence-corrected chi connectivity index (χ2v) is 6.61. The molecular weight excluding hydrogens is 411 g/mol. The van der Waals surface area contributed by atoms with E-state index in [9.17, 15) is 19.7 Å². The van der Waals surface area contributed by atoms with E-state index in [4.69, 9.17) is 33.0 Å². The summed E-state index contributed by atoms with van der Waals surface area (Å²) in [6.45, 7) is 1.66. The van der Waals surface area contributed by atoms with Gasteiger partial charge in [0, 0.05) is 24.5 Å². The molecule has 0 atom stereocenters. The molecule has 1 aromatic carbocycles. The van der Waals surface area contributed by atoms with Crippen LogP contribution in [0.4, 0.5) is 0 Å². The van der Waals surface area contributed by atoms with E-state index in [0.717, 1.165) is 6.42 Å². The van der Waals surface area contributed by atoms with Gasteiger partial charge in [-0.3, -0.25) is 19.7 Å². The van der Waals surface area contributed by atoms with E-state index in [1.54, 1.807) is 19.1 Å². The first kappa shape index (κ1) is 23.7. The summed E-state index contributed by atoms with van der Waals surface area (Å²) < 4.78 is 5.59. The maximum Gasteiger partial charge on any atom is 0.322 e. The van der Waals surface area contributed by atoms with Crippen LogP contribution in [0, 0.1) is 10.1 Å². The van der Waals surface area contributed by atoms with Crippen LogP contribution in [0.15, 0.2) is 17.8 Å². The number of halogens is 2. The highest BCUT2D eigenvalue weighted by Gasteiger charge is 2.14. The lowest BCUT2D eigenvalue weighted by Gasteiger charge is -2.10. The molecule has 0 saturated carbocycles. The summed E-state index contributed by atoms with van der Waals surface area (Å²) in [5.41, 5.74) is 0.471. The number of carboxylic acid groups (broad SMARTS) is 1. The smallest absolute Gasteiger partial charge is 0.322 e. The lowest BCUT2D eigenvalue weighted by molar-refractivity contribution is -0.425.